The maximum absolute atomic E-state index is 6.48. The van der Waals surface area contributed by atoms with Gasteiger partial charge in [0.15, 0.2) is 0 Å². The van der Waals surface area contributed by atoms with E-state index in [9.17, 15) is 0 Å². The van der Waals surface area contributed by atoms with Crippen molar-refractivity contribution in [2.24, 2.45) is 11.8 Å². The Hall–Kier alpha value is -0.730. The third-order valence-corrected chi connectivity index (χ3v) is 4.93. The molecule has 2 aliphatic carbocycles. The molecule has 20 heavy (non-hydrogen) atoms. The minimum atomic E-state index is 0.303. The average molecular weight is 293 g/mol. The van der Waals surface area contributed by atoms with E-state index < -0.39 is 0 Å². The Morgan fingerprint density at radius 2 is 1.80 bits per heavy atom. The minimum absolute atomic E-state index is 0.303. The second kappa shape index (κ2) is 5.95. The van der Waals surface area contributed by atoms with Crippen LogP contribution in [0.15, 0.2) is 18.2 Å². The van der Waals surface area contributed by atoms with Gasteiger partial charge in [0.2, 0.25) is 0 Å². The number of nitrogens with zero attached hydrogens (tertiary/aromatic N) is 1. The number of nitrogens with one attached hydrogen (secondary N) is 1. The Morgan fingerprint density at radius 3 is 2.25 bits per heavy atom. The van der Waals surface area contributed by atoms with Crippen LogP contribution >= 0.6 is 11.6 Å². The van der Waals surface area contributed by atoms with Crippen LogP contribution in [0.2, 0.25) is 5.02 Å². The van der Waals surface area contributed by atoms with Crippen LogP contribution in [0, 0.1) is 11.8 Å². The van der Waals surface area contributed by atoms with Gasteiger partial charge in [-0.15, -0.1) is 0 Å². The fourth-order valence-corrected chi connectivity index (χ4v) is 3.07. The zero-order chi connectivity index (χ0) is 14.1. The normalized spacial score (nSPS) is 19.9. The van der Waals surface area contributed by atoms with Crippen LogP contribution in [-0.4, -0.2) is 20.1 Å². The van der Waals surface area contributed by atoms with E-state index in [2.05, 4.69) is 35.3 Å². The van der Waals surface area contributed by atoms with Crippen molar-refractivity contribution in [1.29, 1.82) is 0 Å². The molecule has 2 aliphatic rings. The molecule has 0 spiro atoms. The van der Waals surface area contributed by atoms with E-state index in [1.54, 1.807) is 0 Å². The van der Waals surface area contributed by atoms with Gasteiger partial charge in [-0.2, -0.15) is 0 Å². The molecule has 1 unspecified atom stereocenters. The van der Waals surface area contributed by atoms with Gasteiger partial charge in [-0.1, -0.05) is 17.7 Å². The number of hydrogen-bond donors (Lipinski definition) is 1. The van der Waals surface area contributed by atoms with Crippen molar-refractivity contribution in [3.05, 3.63) is 28.8 Å². The highest BCUT2D eigenvalue weighted by Gasteiger charge is 2.29. The van der Waals surface area contributed by atoms with Crippen LogP contribution < -0.4 is 10.2 Å². The molecule has 3 heteroatoms. The SMILES string of the molecule is CNC(C)c1ccc(N(CC2CC2)CC2CC2)cc1Cl. The summed E-state index contributed by atoms with van der Waals surface area (Å²) in [6.45, 7) is 4.58. The molecule has 0 bridgehead atoms. The molecular weight excluding hydrogens is 268 g/mol. The lowest BCUT2D eigenvalue weighted by molar-refractivity contribution is 0.651. The summed E-state index contributed by atoms with van der Waals surface area (Å²) in [5.41, 5.74) is 2.50. The summed E-state index contributed by atoms with van der Waals surface area (Å²) in [5, 5.41) is 4.15. The van der Waals surface area contributed by atoms with Gasteiger partial charge in [0, 0.05) is 29.8 Å². The Morgan fingerprint density at radius 1 is 1.20 bits per heavy atom. The lowest BCUT2D eigenvalue weighted by Crippen LogP contribution is -2.28. The Kier molecular flexibility index (Phi) is 4.23. The number of benzene rings is 1. The van der Waals surface area contributed by atoms with E-state index >= 15 is 0 Å². The van der Waals surface area contributed by atoms with E-state index in [1.807, 2.05) is 7.05 Å². The second-order valence-electron chi connectivity index (χ2n) is 6.51. The maximum Gasteiger partial charge on any atom is 0.0474 e. The summed E-state index contributed by atoms with van der Waals surface area (Å²) in [6, 6.07) is 6.90. The van der Waals surface area contributed by atoms with Crippen LogP contribution in [0.1, 0.15) is 44.2 Å². The van der Waals surface area contributed by atoms with Crippen molar-refractivity contribution >= 4 is 17.3 Å². The molecule has 0 radical (unpaired) electrons. The Balaban J connectivity index is 1.76. The number of halogens is 1. The van der Waals surface area contributed by atoms with Gasteiger partial charge in [0.1, 0.15) is 0 Å². The molecule has 0 amide bonds. The first-order chi connectivity index (χ1) is 9.67. The van der Waals surface area contributed by atoms with Gasteiger partial charge in [-0.25, -0.2) is 0 Å². The first kappa shape index (κ1) is 14.2. The predicted molar refractivity (Wildman–Crippen MR) is 86.6 cm³/mol. The predicted octanol–water partition coefficient (Wildman–Crippen LogP) is 4.25. The van der Waals surface area contributed by atoms with E-state index in [1.165, 1.54) is 50.0 Å². The van der Waals surface area contributed by atoms with Crippen LogP contribution in [-0.2, 0) is 0 Å². The van der Waals surface area contributed by atoms with Crippen molar-refractivity contribution in [1.82, 2.24) is 5.32 Å². The highest BCUT2D eigenvalue weighted by molar-refractivity contribution is 6.31. The van der Waals surface area contributed by atoms with E-state index in [0.717, 1.165) is 16.9 Å². The summed E-state index contributed by atoms with van der Waals surface area (Å²) in [4.78, 5) is 2.56. The highest BCUT2D eigenvalue weighted by Crippen LogP contribution is 2.37. The monoisotopic (exact) mass is 292 g/mol. The largest absolute Gasteiger partial charge is 0.371 e. The topological polar surface area (TPSA) is 15.3 Å². The number of rotatable bonds is 7. The van der Waals surface area contributed by atoms with Crippen molar-refractivity contribution < 1.29 is 0 Å². The van der Waals surface area contributed by atoms with Crippen molar-refractivity contribution in [2.45, 2.75) is 38.6 Å². The fourth-order valence-electron chi connectivity index (χ4n) is 2.73. The van der Waals surface area contributed by atoms with Crippen LogP contribution in [0.4, 0.5) is 5.69 Å². The standard InChI is InChI=1S/C17H25ClN2/c1-12(19-2)16-8-7-15(9-17(16)18)20(10-13-3-4-13)11-14-5-6-14/h7-9,12-14,19H,3-6,10-11H2,1-2H3. The third-order valence-electron chi connectivity index (χ3n) is 4.60. The first-order valence-corrected chi connectivity index (χ1v) is 8.27. The number of hydrogen-bond acceptors (Lipinski definition) is 2. The molecule has 3 rings (SSSR count). The average Bonchev–Trinajstić information content (AvgIpc) is 3.32. The summed E-state index contributed by atoms with van der Waals surface area (Å²) in [6.07, 6.45) is 5.63. The maximum atomic E-state index is 6.48. The molecule has 0 aliphatic heterocycles. The molecule has 1 aromatic rings. The van der Waals surface area contributed by atoms with Crippen LogP contribution in [0.5, 0.6) is 0 Å². The highest BCUT2D eigenvalue weighted by atomic mass is 35.5. The van der Waals surface area contributed by atoms with Gasteiger partial charge in [-0.05, 0) is 69.2 Å². The molecule has 0 saturated heterocycles. The summed E-state index contributed by atoms with van der Waals surface area (Å²) in [5.74, 6) is 1.84. The zero-order valence-corrected chi connectivity index (χ0v) is 13.3. The lowest BCUT2D eigenvalue weighted by atomic mass is 10.1. The molecule has 0 aromatic heterocycles. The van der Waals surface area contributed by atoms with Gasteiger partial charge in [0.25, 0.3) is 0 Å². The molecule has 0 heterocycles. The first-order valence-electron chi connectivity index (χ1n) is 7.89. The molecule has 2 saturated carbocycles. The zero-order valence-electron chi connectivity index (χ0n) is 12.5. The lowest BCUT2D eigenvalue weighted by Gasteiger charge is -2.26. The van der Waals surface area contributed by atoms with Gasteiger partial charge in [-0.3, -0.25) is 0 Å². The molecule has 110 valence electrons. The molecule has 1 N–H and O–H groups in total. The van der Waals surface area contributed by atoms with Gasteiger partial charge >= 0.3 is 0 Å². The van der Waals surface area contributed by atoms with Crippen molar-refractivity contribution in [3.63, 3.8) is 0 Å². The number of anilines is 1. The summed E-state index contributed by atoms with van der Waals surface area (Å²) >= 11 is 6.48. The third kappa shape index (κ3) is 3.48. The van der Waals surface area contributed by atoms with Crippen molar-refractivity contribution in [3.8, 4) is 0 Å². The van der Waals surface area contributed by atoms with E-state index in [4.69, 9.17) is 11.6 Å². The minimum Gasteiger partial charge on any atom is -0.371 e. The quantitative estimate of drug-likeness (QED) is 0.808. The van der Waals surface area contributed by atoms with Crippen molar-refractivity contribution in [2.75, 3.05) is 25.0 Å². The fraction of sp³-hybridized carbons (Fsp3) is 0.647. The van der Waals surface area contributed by atoms with Crippen LogP contribution in [0.3, 0.4) is 0 Å². The Labute approximate surface area is 127 Å². The smallest absolute Gasteiger partial charge is 0.0474 e. The van der Waals surface area contributed by atoms with Crippen LogP contribution in [0.25, 0.3) is 0 Å². The van der Waals surface area contributed by atoms with Gasteiger partial charge in [0.05, 0.1) is 0 Å². The molecule has 1 atom stereocenters. The molecular formula is C17H25ClN2. The second-order valence-corrected chi connectivity index (χ2v) is 6.92. The Bertz CT molecular complexity index is 452. The molecule has 2 nitrogen and oxygen atoms in total. The van der Waals surface area contributed by atoms with E-state index in [-0.39, 0.29) is 0 Å². The van der Waals surface area contributed by atoms with Gasteiger partial charge < -0.3 is 10.2 Å². The summed E-state index contributed by atoms with van der Waals surface area (Å²) in [7, 11) is 1.97. The molecule has 2 fully saturated rings. The molecule has 1 aromatic carbocycles. The van der Waals surface area contributed by atoms with E-state index in [0.29, 0.717) is 6.04 Å². The summed E-state index contributed by atoms with van der Waals surface area (Å²) < 4.78 is 0.